The number of anilines is 1. The number of benzene rings is 2. The maximum absolute atomic E-state index is 14.1. The number of hydroxylamine groups is 2. The van der Waals surface area contributed by atoms with Crippen molar-refractivity contribution in [3.8, 4) is 16.9 Å². The van der Waals surface area contributed by atoms with Crippen LogP contribution in [0.25, 0.3) is 11.1 Å². The van der Waals surface area contributed by atoms with Crippen molar-refractivity contribution in [1.29, 1.82) is 0 Å². The molecule has 4 aliphatic rings. The highest BCUT2D eigenvalue weighted by Crippen LogP contribution is 2.61. The number of fused-ring (bicyclic) bond motifs is 2. The van der Waals surface area contributed by atoms with Gasteiger partial charge in [0.2, 0.25) is 5.91 Å². The second kappa shape index (κ2) is 12.7. The summed E-state index contributed by atoms with van der Waals surface area (Å²) >= 11 is 6.76. The Kier molecular flexibility index (Phi) is 9.46. The largest absolute Gasteiger partial charge is 0.496 e. The van der Waals surface area contributed by atoms with Gasteiger partial charge in [-0.05, 0) is 78.8 Å². The van der Waals surface area contributed by atoms with Gasteiger partial charge in [0.1, 0.15) is 17.9 Å². The highest BCUT2D eigenvalue weighted by Gasteiger charge is 2.57. The topological polar surface area (TPSA) is 132 Å². The Morgan fingerprint density at radius 1 is 1.22 bits per heavy atom. The predicted molar refractivity (Wildman–Crippen MR) is 172 cm³/mol. The van der Waals surface area contributed by atoms with E-state index in [0.29, 0.717) is 50.9 Å². The highest BCUT2D eigenvalue weighted by molar-refractivity contribution is 6.31. The Morgan fingerprint density at radius 3 is 2.49 bits per heavy atom. The van der Waals surface area contributed by atoms with Crippen molar-refractivity contribution in [3.63, 3.8) is 0 Å². The first-order chi connectivity index (χ1) is 21.2. The Hall–Kier alpha value is -2.89. The van der Waals surface area contributed by atoms with Gasteiger partial charge in [-0.25, -0.2) is 4.79 Å². The van der Waals surface area contributed by atoms with Crippen LogP contribution in [-0.2, 0) is 16.2 Å². The van der Waals surface area contributed by atoms with Gasteiger partial charge in [-0.15, -0.1) is 0 Å². The molecule has 4 N–H and O–H groups in total. The van der Waals surface area contributed by atoms with Gasteiger partial charge in [0, 0.05) is 47.9 Å². The number of ether oxygens (including phenoxy) is 1. The van der Waals surface area contributed by atoms with E-state index < -0.39 is 30.1 Å². The normalized spacial score (nSPS) is 29.5. The summed E-state index contributed by atoms with van der Waals surface area (Å²) in [6, 6.07) is 7.62. The lowest BCUT2D eigenvalue weighted by molar-refractivity contribution is -0.183. The number of nitrogens with one attached hydrogen (secondary N) is 1. The molecule has 1 heterocycles. The fourth-order valence-corrected chi connectivity index (χ4v) is 8.21. The smallest absolute Gasteiger partial charge is 0.335 e. The van der Waals surface area contributed by atoms with Crippen molar-refractivity contribution in [1.82, 2.24) is 10.4 Å². The number of methoxy groups -OCH3 is 1. The number of rotatable bonds is 10. The van der Waals surface area contributed by atoms with Crippen LogP contribution in [-0.4, -0.2) is 84.4 Å². The van der Waals surface area contributed by atoms with Crippen LogP contribution in [0.5, 0.6) is 5.75 Å². The van der Waals surface area contributed by atoms with E-state index in [-0.39, 0.29) is 36.1 Å². The number of carbonyl (C=O) groups excluding carboxylic acids is 1. The van der Waals surface area contributed by atoms with Gasteiger partial charge in [-0.1, -0.05) is 32.4 Å². The first kappa shape index (κ1) is 33.5. The molecule has 1 aliphatic heterocycles. The molecule has 2 aromatic rings. The Bertz CT molecular complexity index is 1450. The van der Waals surface area contributed by atoms with Crippen molar-refractivity contribution in [2.75, 3.05) is 32.7 Å². The molecule has 6 rings (SSSR count). The molecule has 10 nitrogen and oxygen atoms in total. The number of aliphatic hydroxyl groups excluding tert-OH is 2. The molecule has 246 valence electrons. The van der Waals surface area contributed by atoms with Crippen LogP contribution in [0.3, 0.4) is 0 Å². The SMILES string of the molecule is COc1c(-c2cc(C(=O)O)cc(N(C)C)c2)ccc(Cl)c1CN1O[C@@H](CO)[C@@H]([C@H](C)O)[C@H]1C(=O)N[C@H]1C[C@@H]2C[C@H]([C@@H]1C)C2(C)C. The number of carbonyl (C=O) groups is 2. The van der Waals surface area contributed by atoms with Crippen molar-refractivity contribution in [2.45, 2.75) is 71.4 Å². The zero-order valence-electron chi connectivity index (χ0n) is 27.1. The van der Waals surface area contributed by atoms with Gasteiger partial charge in [-0.2, -0.15) is 5.06 Å². The minimum atomic E-state index is -1.06. The van der Waals surface area contributed by atoms with Crippen LogP contribution in [0.1, 0.15) is 56.5 Å². The summed E-state index contributed by atoms with van der Waals surface area (Å²) in [5, 5.41) is 36.0. The number of carboxylic acids is 1. The number of carboxylic acid groups (broad SMARTS) is 1. The Labute approximate surface area is 270 Å². The van der Waals surface area contributed by atoms with Crippen LogP contribution in [0, 0.1) is 29.1 Å². The van der Waals surface area contributed by atoms with Gasteiger partial charge in [0.05, 0.1) is 31.9 Å². The van der Waals surface area contributed by atoms with E-state index in [1.165, 1.54) is 18.6 Å². The first-order valence-corrected chi connectivity index (χ1v) is 16.0. The van der Waals surface area contributed by atoms with E-state index in [1.54, 1.807) is 31.2 Å². The summed E-state index contributed by atoms with van der Waals surface area (Å²) in [5.41, 5.74) is 2.85. The zero-order chi connectivity index (χ0) is 33.0. The maximum Gasteiger partial charge on any atom is 0.335 e. The van der Waals surface area contributed by atoms with Crippen molar-refractivity contribution >= 4 is 29.2 Å². The molecule has 45 heavy (non-hydrogen) atoms. The number of amides is 1. The lowest BCUT2D eigenvalue weighted by Gasteiger charge is -2.62. The first-order valence-electron chi connectivity index (χ1n) is 15.6. The highest BCUT2D eigenvalue weighted by atomic mass is 35.5. The Balaban J connectivity index is 1.49. The molecule has 8 atom stereocenters. The van der Waals surface area contributed by atoms with E-state index >= 15 is 0 Å². The second-order valence-electron chi connectivity index (χ2n) is 13.8. The van der Waals surface area contributed by atoms with E-state index in [4.69, 9.17) is 21.2 Å². The summed E-state index contributed by atoms with van der Waals surface area (Å²) < 4.78 is 5.89. The molecule has 11 heteroatoms. The third-order valence-electron chi connectivity index (χ3n) is 10.8. The molecule has 0 unspecified atom stereocenters. The molecule has 1 saturated heterocycles. The summed E-state index contributed by atoms with van der Waals surface area (Å²) in [6.07, 6.45) is 0.339. The summed E-state index contributed by atoms with van der Waals surface area (Å²) in [7, 11) is 5.17. The molecule has 3 aliphatic carbocycles. The van der Waals surface area contributed by atoms with Crippen molar-refractivity contribution < 1.29 is 34.5 Å². The monoisotopic (exact) mass is 643 g/mol. The lowest BCUT2D eigenvalue weighted by atomic mass is 9.45. The maximum atomic E-state index is 14.1. The molecule has 3 saturated carbocycles. The number of nitrogens with zero attached hydrogens (tertiary/aromatic N) is 2. The number of aromatic carboxylic acids is 1. The summed E-state index contributed by atoms with van der Waals surface area (Å²) in [4.78, 5) is 34.0. The van der Waals surface area contributed by atoms with E-state index in [0.717, 1.165) is 6.42 Å². The van der Waals surface area contributed by atoms with Crippen molar-refractivity contribution in [2.24, 2.45) is 29.1 Å². The average molecular weight is 644 g/mol. The van der Waals surface area contributed by atoms with E-state index in [9.17, 15) is 24.9 Å². The molecule has 4 fully saturated rings. The lowest BCUT2D eigenvalue weighted by Crippen LogP contribution is -2.62. The number of halogens is 1. The van der Waals surface area contributed by atoms with Crippen LogP contribution < -0.4 is 15.0 Å². The fourth-order valence-electron chi connectivity index (χ4n) is 8.00. The molecule has 0 aromatic heterocycles. The van der Waals surface area contributed by atoms with E-state index in [1.807, 2.05) is 25.1 Å². The number of aliphatic hydroxyl groups is 2. The number of hydrogen-bond donors (Lipinski definition) is 4. The quantitative estimate of drug-likeness (QED) is 0.297. The van der Waals surface area contributed by atoms with Gasteiger partial charge in [0.15, 0.2) is 0 Å². The van der Waals surface area contributed by atoms with Crippen LogP contribution in [0.15, 0.2) is 30.3 Å². The average Bonchev–Trinajstić information content (AvgIpc) is 3.37. The summed E-state index contributed by atoms with van der Waals surface area (Å²) in [6.45, 7) is 8.07. The van der Waals surface area contributed by atoms with Crippen LogP contribution in [0.4, 0.5) is 5.69 Å². The summed E-state index contributed by atoms with van der Waals surface area (Å²) in [5.74, 6) is -0.207. The predicted octanol–water partition coefficient (Wildman–Crippen LogP) is 4.44. The van der Waals surface area contributed by atoms with E-state index in [2.05, 4.69) is 26.1 Å². The molecule has 1 amide bonds. The molecule has 2 aromatic carbocycles. The van der Waals surface area contributed by atoms with Gasteiger partial charge in [-0.3, -0.25) is 9.63 Å². The third-order valence-corrected chi connectivity index (χ3v) is 11.1. The van der Waals surface area contributed by atoms with Gasteiger partial charge in [0.25, 0.3) is 0 Å². The Morgan fingerprint density at radius 2 is 1.93 bits per heavy atom. The third kappa shape index (κ3) is 6.03. The number of hydrogen-bond acceptors (Lipinski definition) is 8. The molecule has 2 bridgehead atoms. The minimum Gasteiger partial charge on any atom is -0.496 e. The molecular formula is C34H46ClN3O7. The zero-order valence-corrected chi connectivity index (χ0v) is 27.8. The van der Waals surface area contributed by atoms with Gasteiger partial charge >= 0.3 is 5.97 Å². The second-order valence-corrected chi connectivity index (χ2v) is 14.2. The molecule has 0 radical (unpaired) electrons. The van der Waals surface area contributed by atoms with Crippen molar-refractivity contribution in [3.05, 3.63) is 46.5 Å². The van der Waals surface area contributed by atoms with Crippen LogP contribution >= 0.6 is 11.6 Å². The molecular weight excluding hydrogens is 598 g/mol. The molecule has 0 spiro atoms. The standard InChI is InChI=1S/C34H46ClN3O7/c1-17-25-13-21(34(25,3)4)14-27(17)36-32(41)30-29(18(2)40)28(16-39)45-38(30)15-24-26(35)9-8-23(31(24)44-7)19-10-20(33(42)43)12-22(11-19)37(5)6/h8-12,17-18,21,25,27-30,39-40H,13-16H2,1-7H3,(H,36,41)(H,42,43)/t17-,18-,21-,25+,27-,28-,29+,30-/m0/s1. The minimum absolute atomic E-state index is 0.00723. The van der Waals surface area contributed by atoms with Crippen LogP contribution in [0.2, 0.25) is 5.02 Å². The fraction of sp³-hybridized carbons (Fsp3) is 0.588. The van der Waals surface area contributed by atoms with Gasteiger partial charge < -0.3 is 30.3 Å².